The molecule has 3 rings (SSSR count). The summed E-state index contributed by atoms with van der Waals surface area (Å²) in [5, 5.41) is 8.55. The molecule has 0 saturated heterocycles. The molecule has 2 aromatic rings. The Balaban J connectivity index is 0.000000164. The van der Waals surface area contributed by atoms with Crippen LogP contribution in [-0.2, 0) is 9.53 Å². The zero-order valence-electron chi connectivity index (χ0n) is 12.5. The van der Waals surface area contributed by atoms with E-state index in [1.807, 2.05) is 6.07 Å². The maximum atomic E-state index is 10.9. The summed E-state index contributed by atoms with van der Waals surface area (Å²) in [4.78, 5) is 26.9. The highest BCUT2D eigenvalue weighted by molar-refractivity contribution is 5.75. The maximum Gasteiger partial charge on any atom is 0.323 e. The minimum Gasteiger partial charge on any atom is -0.469 e. The summed E-state index contributed by atoms with van der Waals surface area (Å²) in [6.07, 6.45) is 5.74. The minimum atomic E-state index is -0.250. The van der Waals surface area contributed by atoms with E-state index in [-0.39, 0.29) is 17.6 Å². The zero-order valence-corrected chi connectivity index (χ0v) is 12.5. The topological polar surface area (TPSA) is 98.7 Å². The van der Waals surface area contributed by atoms with Gasteiger partial charge in [0.15, 0.2) is 0 Å². The summed E-state index contributed by atoms with van der Waals surface area (Å²) in [6.45, 7) is 0. The average molecular weight is 301 g/mol. The molecule has 0 atom stereocenters. The van der Waals surface area contributed by atoms with E-state index in [1.54, 1.807) is 18.2 Å². The molecule has 1 aliphatic carbocycles. The molecule has 1 aromatic heterocycles. The van der Waals surface area contributed by atoms with E-state index in [9.17, 15) is 9.59 Å². The number of rotatable bonds is 1. The SMILES string of the molecule is COC(=O)C1CCCCC1.N#Cc1ccc2[nH]c(=O)[nH]c2c1. The first-order chi connectivity index (χ1) is 10.6. The van der Waals surface area contributed by atoms with Crippen LogP contribution in [-0.4, -0.2) is 23.0 Å². The molecule has 0 spiro atoms. The maximum absolute atomic E-state index is 10.9. The van der Waals surface area contributed by atoms with E-state index >= 15 is 0 Å². The van der Waals surface area contributed by atoms with Gasteiger partial charge in [-0.15, -0.1) is 0 Å². The second-order valence-corrected chi connectivity index (χ2v) is 5.31. The van der Waals surface area contributed by atoms with E-state index in [2.05, 4.69) is 14.7 Å². The number of nitriles is 1. The highest BCUT2D eigenvalue weighted by Crippen LogP contribution is 2.24. The number of aromatic nitrogens is 2. The Labute approximate surface area is 128 Å². The lowest BCUT2D eigenvalue weighted by Gasteiger charge is -2.18. The van der Waals surface area contributed by atoms with Crippen molar-refractivity contribution in [3.63, 3.8) is 0 Å². The van der Waals surface area contributed by atoms with Gasteiger partial charge in [0, 0.05) is 0 Å². The number of aromatic amines is 2. The van der Waals surface area contributed by atoms with Gasteiger partial charge in [0.1, 0.15) is 0 Å². The molecule has 0 unspecified atom stereocenters. The van der Waals surface area contributed by atoms with Crippen LogP contribution in [0.1, 0.15) is 37.7 Å². The third-order valence-corrected chi connectivity index (χ3v) is 3.78. The molecule has 0 radical (unpaired) electrons. The van der Waals surface area contributed by atoms with Crippen molar-refractivity contribution in [2.45, 2.75) is 32.1 Å². The summed E-state index contributed by atoms with van der Waals surface area (Å²) in [7, 11) is 1.47. The standard InChI is InChI=1S/C8H5N3O.C8H14O2/c9-4-5-1-2-6-7(3-5)11-8(12)10-6;1-10-8(9)7-5-3-2-4-6-7/h1-3H,(H2,10,11,12);7H,2-6H2,1H3. The Morgan fingerprint density at radius 3 is 2.55 bits per heavy atom. The van der Waals surface area contributed by atoms with E-state index < -0.39 is 0 Å². The molecule has 0 bridgehead atoms. The third-order valence-electron chi connectivity index (χ3n) is 3.78. The molecular weight excluding hydrogens is 282 g/mol. The molecule has 1 aliphatic rings. The number of ether oxygens (including phenoxy) is 1. The van der Waals surface area contributed by atoms with Gasteiger partial charge >= 0.3 is 11.7 Å². The van der Waals surface area contributed by atoms with Crippen LogP contribution < -0.4 is 5.69 Å². The Bertz CT molecular complexity index is 733. The van der Waals surface area contributed by atoms with Crippen LogP contribution in [0, 0.1) is 17.2 Å². The van der Waals surface area contributed by atoms with Crippen LogP contribution in [0.4, 0.5) is 0 Å². The fourth-order valence-electron chi connectivity index (χ4n) is 2.61. The lowest BCUT2D eigenvalue weighted by molar-refractivity contribution is -0.146. The number of nitrogens with one attached hydrogen (secondary N) is 2. The Morgan fingerprint density at radius 1 is 1.23 bits per heavy atom. The summed E-state index contributed by atoms with van der Waals surface area (Å²) in [5.41, 5.74) is 1.68. The van der Waals surface area contributed by atoms with E-state index in [1.165, 1.54) is 26.4 Å². The molecule has 116 valence electrons. The van der Waals surface area contributed by atoms with Crippen molar-refractivity contribution in [3.8, 4) is 6.07 Å². The first-order valence-electron chi connectivity index (χ1n) is 7.34. The molecule has 6 nitrogen and oxygen atoms in total. The zero-order chi connectivity index (χ0) is 15.9. The molecule has 1 fully saturated rings. The number of esters is 1. The van der Waals surface area contributed by atoms with Crippen molar-refractivity contribution < 1.29 is 9.53 Å². The smallest absolute Gasteiger partial charge is 0.323 e. The van der Waals surface area contributed by atoms with Gasteiger partial charge in [0.25, 0.3) is 0 Å². The number of hydrogen-bond acceptors (Lipinski definition) is 4. The normalized spacial score (nSPS) is 14.7. The fraction of sp³-hybridized carbons (Fsp3) is 0.438. The van der Waals surface area contributed by atoms with Gasteiger partial charge in [-0.25, -0.2) is 4.79 Å². The quantitative estimate of drug-likeness (QED) is 0.790. The summed E-state index contributed by atoms with van der Waals surface area (Å²) in [6, 6.07) is 6.98. The minimum absolute atomic E-state index is 0.0142. The number of fused-ring (bicyclic) bond motifs is 1. The van der Waals surface area contributed by atoms with Gasteiger partial charge in [-0.2, -0.15) is 5.26 Å². The van der Waals surface area contributed by atoms with Crippen LogP contribution >= 0.6 is 0 Å². The first kappa shape index (κ1) is 15.8. The summed E-state index contributed by atoms with van der Waals surface area (Å²) in [5.74, 6) is 0.193. The number of benzene rings is 1. The largest absolute Gasteiger partial charge is 0.469 e. The number of H-pyrrole nitrogens is 2. The van der Waals surface area contributed by atoms with Gasteiger partial charge in [-0.05, 0) is 31.0 Å². The molecule has 0 amide bonds. The molecule has 2 N–H and O–H groups in total. The van der Waals surface area contributed by atoms with E-state index in [4.69, 9.17) is 5.26 Å². The number of carbonyl (C=O) groups excluding carboxylic acids is 1. The summed E-state index contributed by atoms with van der Waals surface area (Å²) < 4.78 is 4.65. The predicted molar refractivity (Wildman–Crippen MR) is 82.2 cm³/mol. The van der Waals surface area contributed by atoms with Crippen molar-refractivity contribution in [1.82, 2.24) is 9.97 Å². The van der Waals surface area contributed by atoms with Crippen molar-refractivity contribution in [2.24, 2.45) is 5.92 Å². The molecule has 22 heavy (non-hydrogen) atoms. The predicted octanol–water partition coefficient (Wildman–Crippen LogP) is 2.47. The van der Waals surface area contributed by atoms with Gasteiger partial charge in [-0.3, -0.25) is 4.79 Å². The van der Waals surface area contributed by atoms with Crippen LogP contribution in [0.15, 0.2) is 23.0 Å². The van der Waals surface area contributed by atoms with Gasteiger partial charge in [0.05, 0.1) is 35.7 Å². The molecule has 1 heterocycles. The average Bonchev–Trinajstić information content (AvgIpc) is 2.94. The Morgan fingerprint density at radius 2 is 1.91 bits per heavy atom. The second kappa shape index (κ2) is 7.46. The van der Waals surface area contributed by atoms with Crippen molar-refractivity contribution >= 4 is 17.0 Å². The molecule has 1 saturated carbocycles. The van der Waals surface area contributed by atoms with E-state index in [0.29, 0.717) is 11.1 Å². The highest BCUT2D eigenvalue weighted by atomic mass is 16.5. The third kappa shape index (κ3) is 3.98. The molecule has 0 aliphatic heterocycles. The van der Waals surface area contributed by atoms with Gasteiger partial charge < -0.3 is 14.7 Å². The first-order valence-corrected chi connectivity index (χ1v) is 7.34. The van der Waals surface area contributed by atoms with Crippen molar-refractivity contribution in [1.29, 1.82) is 5.26 Å². The number of methoxy groups -OCH3 is 1. The van der Waals surface area contributed by atoms with Gasteiger partial charge in [0.2, 0.25) is 0 Å². The molecule has 1 aromatic carbocycles. The number of hydrogen-bond donors (Lipinski definition) is 2. The van der Waals surface area contributed by atoms with Crippen LogP contribution in [0.2, 0.25) is 0 Å². The van der Waals surface area contributed by atoms with Gasteiger partial charge in [-0.1, -0.05) is 19.3 Å². The lowest BCUT2D eigenvalue weighted by atomic mass is 9.89. The monoisotopic (exact) mass is 301 g/mol. The number of imidazole rings is 1. The molecule has 6 heteroatoms. The number of carbonyl (C=O) groups is 1. The van der Waals surface area contributed by atoms with Crippen molar-refractivity contribution in [2.75, 3.05) is 7.11 Å². The van der Waals surface area contributed by atoms with Crippen molar-refractivity contribution in [3.05, 3.63) is 34.2 Å². The van der Waals surface area contributed by atoms with Crippen LogP contribution in [0.5, 0.6) is 0 Å². The number of nitrogens with zero attached hydrogens (tertiary/aromatic N) is 1. The highest BCUT2D eigenvalue weighted by Gasteiger charge is 2.20. The lowest BCUT2D eigenvalue weighted by Crippen LogP contribution is -2.18. The fourth-order valence-corrected chi connectivity index (χ4v) is 2.61. The van der Waals surface area contributed by atoms with E-state index in [0.717, 1.165) is 18.4 Å². The Kier molecular flexibility index (Phi) is 5.37. The summed E-state index contributed by atoms with van der Waals surface area (Å²) >= 11 is 0. The van der Waals surface area contributed by atoms with Crippen LogP contribution in [0.3, 0.4) is 0 Å². The Hall–Kier alpha value is -2.55. The van der Waals surface area contributed by atoms with Crippen LogP contribution in [0.25, 0.3) is 11.0 Å². The molecular formula is C16H19N3O3. The second-order valence-electron chi connectivity index (χ2n) is 5.31.